The van der Waals surface area contributed by atoms with Gasteiger partial charge in [0.05, 0.1) is 5.60 Å². The van der Waals surface area contributed by atoms with Gasteiger partial charge in [0.1, 0.15) is 5.69 Å². The van der Waals surface area contributed by atoms with E-state index in [-0.39, 0.29) is 11.5 Å². The number of carboxylic acids is 2. The predicted molar refractivity (Wildman–Crippen MR) is 117 cm³/mol. The van der Waals surface area contributed by atoms with Gasteiger partial charge in [0, 0.05) is 31.4 Å². The molecule has 1 atom stereocenters. The van der Waals surface area contributed by atoms with E-state index in [1.54, 1.807) is 6.07 Å². The lowest BCUT2D eigenvalue weighted by atomic mass is 9.82. The van der Waals surface area contributed by atoms with Gasteiger partial charge in [0.15, 0.2) is 0 Å². The smallest absolute Gasteiger partial charge is 0.475 e. The molecule has 1 aromatic rings. The number of aryl methyl sites for hydroxylation is 1. The van der Waals surface area contributed by atoms with Crippen molar-refractivity contribution >= 4 is 17.8 Å². The monoisotopic (exact) mass is 545 g/mol. The Hall–Kier alpha value is -2.94. The summed E-state index contributed by atoms with van der Waals surface area (Å²) < 4.78 is 69.6. The summed E-state index contributed by atoms with van der Waals surface area (Å²) in [6, 6.07) is 6.20. The van der Waals surface area contributed by atoms with E-state index >= 15 is 0 Å². The number of carboxylic acid groups (broad SMARTS) is 2. The van der Waals surface area contributed by atoms with Crippen LogP contribution in [0.3, 0.4) is 0 Å². The Kier molecular flexibility index (Phi) is 11.3. The maximum absolute atomic E-state index is 12.6. The summed E-state index contributed by atoms with van der Waals surface area (Å²) in [5, 5.41) is 14.2. The van der Waals surface area contributed by atoms with Crippen LogP contribution >= 0.6 is 0 Å². The van der Waals surface area contributed by atoms with Crippen LogP contribution < -0.4 is 0 Å². The first-order valence-corrected chi connectivity index (χ1v) is 11.0. The first-order valence-electron chi connectivity index (χ1n) is 11.0. The fourth-order valence-electron chi connectivity index (χ4n) is 3.73. The van der Waals surface area contributed by atoms with E-state index < -0.39 is 24.3 Å². The van der Waals surface area contributed by atoms with Gasteiger partial charge in [0.25, 0.3) is 5.91 Å². The summed E-state index contributed by atoms with van der Waals surface area (Å²) in [6.45, 7) is 4.26. The van der Waals surface area contributed by atoms with Crippen molar-refractivity contribution in [2.24, 2.45) is 0 Å². The molecule has 2 saturated heterocycles. The molecule has 3 rings (SSSR count). The summed E-state index contributed by atoms with van der Waals surface area (Å²) in [4.78, 5) is 39.0. The van der Waals surface area contributed by atoms with E-state index in [9.17, 15) is 31.1 Å². The summed E-state index contributed by atoms with van der Waals surface area (Å²) >= 11 is 0. The van der Waals surface area contributed by atoms with Crippen LogP contribution in [0, 0.1) is 6.92 Å². The average Bonchev–Trinajstić information content (AvgIpc) is 2.79. The highest BCUT2D eigenvalue weighted by Crippen LogP contribution is 2.36. The number of pyridine rings is 1. The van der Waals surface area contributed by atoms with E-state index in [1.165, 1.54) is 0 Å². The summed E-state index contributed by atoms with van der Waals surface area (Å²) in [5.41, 5.74) is 1.40. The van der Waals surface area contributed by atoms with Crippen LogP contribution in [0.5, 0.6) is 0 Å². The van der Waals surface area contributed by atoms with E-state index in [4.69, 9.17) is 24.5 Å². The minimum atomic E-state index is -5.08. The van der Waals surface area contributed by atoms with E-state index in [0.29, 0.717) is 11.7 Å². The molecule has 9 nitrogen and oxygen atoms in total. The molecule has 1 aromatic heterocycles. The van der Waals surface area contributed by atoms with Crippen molar-refractivity contribution in [3.63, 3.8) is 0 Å². The molecule has 1 amide bonds. The number of alkyl halides is 6. The van der Waals surface area contributed by atoms with Crippen LogP contribution in [-0.4, -0.2) is 101 Å². The summed E-state index contributed by atoms with van der Waals surface area (Å²) in [7, 11) is 4.29. The van der Waals surface area contributed by atoms with Gasteiger partial charge < -0.3 is 24.7 Å². The number of likely N-dealkylation sites (tertiary alicyclic amines) is 1. The number of amides is 1. The topological polar surface area (TPSA) is 120 Å². The molecule has 0 radical (unpaired) electrons. The maximum Gasteiger partial charge on any atom is 0.490 e. The molecule has 0 aliphatic carbocycles. The zero-order valence-corrected chi connectivity index (χ0v) is 20.4. The lowest BCUT2D eigenvalue weighted by Crippen LogP contribution is -2.53. The number of carbonyl (C=O) groups excluding carboxylic acids is 1. The molecule has 210 valence electrons. The average molecular weight is 545 g/mol. The number of aliphatic carboxylic acids is 2. The molecule has 37 heavy (non-hydrogen) atoms. The van der Waals surface area contributed by atoms with Crippen LogP contribution in [0.1, 0.15) is 41.9 Å². The molecule has 0 saturated carbocycles. The Morgan fingerprint density at radius 1 is 1.03 bits per heavy atom. The van der Waals surface area contributed by atoms with Gasteiger partial charge in [0.2, 0.25) is 0 Å². The van der Waals surface area contributed by atoms with E-state index in [1.807, 2.05) is 24.0 Å². The van der Waals surface area contributed by atoms with Crippen LogP contribution in [0.4, 0.5) is 26.3 Å². The van der Waals surface area contributed by atoms with Crippen molar-refractivity contribution in [1.29, 1.82) is 0 Å². The van der Waals surface area contributed by atoms with Crippen molar-refractivity contribution < 1.29 is 55.7 Å². The molecule has 0 bridgehead atoms. The SMILES string of the molecule is Cc1cccc(C(=O)N2CCC3(CC2)CC(N(C)C)CCO3)n1.O=C(O)C(F)(F)F.O=C(O)C(F)(F)F. The van der Waals surface area contributed by atoms with E-state index in [2.05, 4.69) is 24.0 Å². The minimum Gasteiger partial charge on any atom is -0.475 e. The highest BCUT2D eigenvalue weighted by molar-refractivity contribution is 5.92. The lowest BCUT2D eigenvalue weighted by molar-refractivity contribution is -0.193. The second kappa shape index (κ2) is 13.0. The number of piperidine rings is 1. The largest absolute Gasteiger partial charge is 0.490 e. The quantitative estimate of drug-likeness (QED) is 0.543. The molecule has 2 fully saturated rings. The lowest BCUT2D eigenvalue weighted by Gasteiger charge is -2.47. The molecule has 15 heteroatoms. The molecule has 3 heterocycles. The Balaban J connectivity index is 0.000000404. The molecule has 1 unspecified atom stereocenters. The number of halogens is 6. The minimum absolute atomic E-state index is 0.0377. The third-order valence-electron chi connectivity index (χ3n) is 5.75. The van der Waals surface area contributed by atoms with Crippen LogP contribution in [0.15, 0.2) is 18.2 Å². The maximum atomic E-state index is 12.6. The van der Waals surface area contributed by atoms with Gasteiger partial charge in [-0.2, -0.15) is 26.3 Å². The number of rotatable bonds is 2. The standard InChI is InChI=1S/C18H27N3O2.2C2HF3O2/c1-14-5-4-6-16(19-14)17(22)21-10-8-18(9-11-21)13-15(20(2)3)7-12-23-18;2*3-2(4,5)1(6)7/h4-6,15H,7-13H2,1-3H3;2*(H,6,7). The second-order valence-corrected chi connectivity index (χ2v) is 8.70. The fraction of sp³-hybridized carbons (Fsp3) is 0.636. The highest BCUT2D eigenvalue weighted by Gasteiger charge is 2.42. The fourth-order valence-corrected chi connectivity index (χ4v) is 3.73. The predicted octanol–water partition coefficient (Wildman–Crippen LogP) is 3.37. The van der Waals surface area contributed by atoms with Gasteiger partial charge in [-0.25, -0.2) is 14.6 Å². The Morgan fingerprint density at radius 3 is 1.92 bits per heavy atom. The molecule has 2 aliphatic rings. The van der Waals surface area contributed by atoms with Crippen molar-refractivity contribution in [3.05, 3.63) is 29.6 Å². The number of ether oxygens (including phenoxy) is 1. The second-order valence-electron chi connectivity index (χ2n) is 8.70. The first kappa shape index (κ1) is 32.1. The third-order valence-corrected chi connectivity index (χ3v) is 5.75. The number of hydrogen-bond donors (Lipinski definition) is 2. The van der Waals surface area contributed by atoms with Crippen LogP contribution in [-0.2, 0) is 14.3 Å². The summed E-state index contributed by atoms with van der Waals surface area (Å²) in [6.07, 6.45) is -6.14. The molecule has 1 spiro atoms. The Labute approximate surface area is 209 Å². The zero-order valence-electron chi connectivity index (χ0n) is 20.4. The number of nitrogens with zero attached hydrogens (tertiary/aromatic N) is 3. The Bertz CT molecular complexity index is 906. The number of hydrogen-bond acceptors (Lipinski definition) is 6. The van der Waals surface area contributed by atoms with Crippen LogP contribution in [0.25, 0.3) is 0 Å². The number of aromatic nitrogens is 1. The van der Waals surface area contributed by atoms with Gasteiger partial charge in [-0.1, -0.05) is 6.07 Å². The highest BCUT2D eigenvalue weighted by atomic mass is 19.4. The molecular formula is C22H29F6N3O6. The van der Waals surface area contributed by atoms with Crippen molar-refractivity contribution in [3.8, 4) is 0 Å². The van der Waals surface area contributed by atoms with Crippen molar-refractivity contribution in [1.82, 2.24) is 14.8 Å². The molecular weight excluding hydrogens is 516 g/mol. The third kappa shape index (κ3) is 10.5. The Morgan fingerprint density at radius 2 is 1.51 bits per heavy atom. The zero-order chi connectivity index (χ0) is 28.6. The van der Waals surface area contributed by atoms with Gasteiger partial charge in [-0.15, -0.1) is 0 Å². The van der Waals surface area contributed by atoms with E-state index in [0.717, 1.165) is 51.1 Å². The first-order chi connectivity index (χ1) is 16.9. The van der Waals surface area contributed by atoms with Gasteiger partial charge in [-0.05, 0) is 58.8 Å². The molecule has 2 aliphatic heterocycles. The molecule has 2 N–H and O–H groups in total. The molecule has 0 aromatic carbocycles. The van der Waals surface area contributed by atoms with Crippen molar-refractivity contribution in [2.75, 3.05) is 33.8 Å². The van der Waals surface area contributed by atoms with Crippen LogP contribution in [0.2, 0.25) is 0 Å². The van der Waals surface area contributed by atoms with Crippen molar-refractivity contribution in [2.45, 2.75) is 56.6 Å². The number of carbonyl (C=O) groups is 3. The summed E-state index contributed by atoms with van der Waals surface area (Å²) in [5.74, 6) is -5.47. The normalized spacial score (nSPS) is 19.3. The van der Waals surface area contributed by atoms with Gasteiger partial charge in [-0.3, -0.25) is 4.79 Å². The van der Waals surface area contributed by atoms with Gasteiger partial charge >= 0.3 is 24.3 Å².